The Morgan fingerprint density at radius 3 is 2.46 bits per heavy atom. The van der Waals surface area contributed by atoms with Gasteiger partial charge in [-0.05, 0) is 49.2 Å². The van der Waals surface area contributed by atoms with E-state index in [4.69, 9.17) is 0 Å². The van der Waals surface area contributed by atoms with Crippen LogP contribution in [0.2, 0.25) is 0 Å². The summed E-state index contributed by atoms with van der Waals surface area (Å²) in [5.41, 5.74) is 4.18. The molecule has 1 aliphatic rings. The van der Waals surface area contributed by atoms with Crippen LogP contribution in [0.3, 0.4) is 0 Å². The second-order valence-electron chi connectivity index (χ2n) is 6.04. The number of nitrogens with one attached hydrogen (secondary N) is 1. The van der Waals surface area contributed by atoms with Gasteiger partial charge in [0, 0.05) is 29.9 Å². The van der Waals surface area contributed by atoms with Crippen LogP contribution in [0, 0.1) is 0 Å². The smallest absolute Gasteiger partial charge is 0.242 e. The lowest BCUT2D eigenvalue weighted by atomic mass is 10.2. The number of benzene rings is 2. The van der Waals surface area contributed by atoms with Crippen molar-refractivity contribution in [3.63, 3.8) is 0 Å². The Bertz CT molecular complexity index is 860. The summed E-state index contributed by atoms with van der Waals surface area (Å²) < 4.78 is 22.9. The van der Waals surface area contributed by atoms with Gasteiger partial charge in [-0.2, -0.15) is 0 Å². The molecule has 0 spiro atoms. The Morgan fingerprint density at radius 2 is 1.79 bits per heavy atom. The van der Waals surface area contributed by atoms with E-state index < -0.39 is 21.0 Å². The third kappa shape index (κ3) is 3.28. The molecule has 0 saturated carbocycles. The normalized spacial score (nSPS) is 15.0. The summed E-state index contributed by atoms with van der Waals surface area (Å²) in [5.74, 6) is -0.517. The number of amides is 1. The average molecular weight is 344 g/mol. The highest BCUT2D eigenvalue weighted by Crippen LogP contribution is 2.34. The number of hydrogen-bond donors (Lipinski definition) is 1. The second kappa shape index (κ2) is 6.28. The van der Waals surface area contributed by atoms with E-state index in [-0.39, 0.29) is 0 Å². The van der Waals surface area contributed by atoms with E-state index in [2.05, 4.69) is 22.3 Å². The molecule has 0 fully saturated rings. The Morgan fingerprint density at radius 1 is 1.12 bits per heavy atom. The zero-order valence-corrected chi connectivity index (χ0v) is 14.5. The molecule has 2 aromatic carbocycles. The van der Waals surface area contributed by atoms with Crippen molar-refractivity contribution in [3.8, 4) is 0 Å². The van der Waals surface area contributed by atoms with Crippen LogP contribution in [0.1, 0.15) is 12.5 Å². The van der Waals surface area contributed by atoms with Crippen LogP contribution in [0.4, 0.5) is 17.1 Å². The molecular weight excluding hydrogens is 324 g/mol. The maximum absolute atomic E-state index is 12.0. The maximum atomic E-state index is 12.0. The summed E-state index contributed by atoms with van der Waals surface area (Å²) in [7, 11) is -3.40. The number of fused-ring (bicyclic) bond motifs is 1. The maximum Gasteiger partial charge on any atom is 0.242 e. The van der Waals surface area contributed by atoms with E-state index in [9.17, 15) is 13.2 Å². The molecule has 0 bridgehead atoms. The highest BCUT2D eigenvalue weighted by molar-refractivity contribution is 7.92. The van der Waals surface area contributed by atoms with E-state index >= 15 is 0 Å². The summed E-state index contributed by atoms with van der Waals surface area (Å²) in [6.45, 7) is 2.32. The first kappa shape index (κ1) is 16.5. The van der Waals surface area contributed by atoms with Crippen molar-refractivity contribution in [3.05, 3.63) is 54.1 Å². The lowest BCUT2D eigenvalue weighted by Gasteiger charge is -2.20. The summed E-state index contributed by atoms with van der Waals surface area (Å²) >= 11 is 0. The summed E-state index contributed by atoms with van der Waals surface area (Å²) in [6.07, 6.45) is 2.08. The molecular formula is C18H20N2O3S. The van der Waals surface area contributed by atoms with E-state index in [1.807, 2.05) is 24.3 Å². The minimum Gasteiger partial charge on any atom is -0.341 e. The van der Waals surface area contributed by atoms with Crippen LogP contribution in [0.25, 0.3) is 0 Å². The van der Waals surface area contributed by atoms with Gasteiger partial charge >= 0.3 is 0 Å². The van der Waals surface area contributed by atoms with E-state index in [0.717, 1.165) is 24.9 Å². The molecule has 3 rings (SSSR count). The molecule has 0 aromatic heterocycles. The third-order valence-corrected chi connectivity index (χ3v) is 5.84. The molecule has 5 nitrogen and oxygen atoms in total. The number of anilines is 3. The van der Waals surface area contributed by atoms with Crippen LogP contribution in [-0.4, -0.2) is 32.4 Å². The van der Waals surface area contributed by atoms with Gasteiger partial charge in [-0.25, -0.2) is 8.42 Å². The molecule has 126 valence electrons. The molecule has 0 radical (unpaired) electrons. The van der Waals surface area contributed by atoms with Gasteiger partial charge in [0.05, 0.1) is 0 Å². The number of carbonyl (C=O) groups is 1. The highest BCUT2D eigenvalue weighted by atomic mass is 32.2. The predicted molar refractivity (Wildman–Crippen MR) is 96.5 cm³/mol. The molecule has 1 atom stereocenters. The van der Waals surface area contributed by atoms with Crippen molar-refractivity contribution in [1.82, 2.24) is 0 Å². The number of rotatable bonds is 4. The quantitative estimate of drug-likeness (QED) is 0.926. The van der Waals surface area contributed by atoms with Crippen molar-refractivity contribution in [2.75, 3.05) is 23.0 Å². The monoisotopic (exact) mass is 344 g/mol. The zero-order chi connectivity index (χ0) is 17.3. The van der Waals surface area contributed by atoms with Crippen molar-refractivity contribution in [2.24, 2.45) is 0 Å². The van der Waals surface area contributed by atoms with Crippen LogP contribution >= 0.6 is 0 Å². The van der Waals surface area contributed by atoms with E-state index in [1.165, 1.54) is 18.2 Å². The van der Waals surface area contributed by atoms with Gasteiger partial charge in [-0.3, -0.25) is 4.79 Å². The predicted octanol–water partition coefficient (Wildman–Crippen LogP) is 2.75. The van der Waals surface area contributed by atoms with Crippen molar-refractivity contribution in [2.45, 2.75) is 18.6 Å². The third-order valence-electron chi connectivity index (χ3n) is 4.35. The number of sulfone groups is 1. The molecule has 2 aromatic rings. The fourth-order valence-electron chi connectivity index (χ4n) is 2.77. The van der Waals surface area contributed by atoms with Gasteiger partial charge in [-0.1, -0.05) is 18.2 Å². The molecule has 1 amide bonds. The Balaban J connectivity index is 1.74. The van der Waals surface area contributed by atoms with Crippen molar-refractivity contribution in [1.29, 1.82) is 0 Å². The minimum atomic E-state index is -3.40. The largest absolute Gasteiger partial charge is 0.341 e. The van der Waals surface area contributed by atoms with Crippen LogP contribution < -0.4 is 10.2 Å². The molecule has 1 aliphatic heterocycles. The fraction of sp³-hybridized carbons (Fsp3) is 0.278. The van der Waals surface area contributed by atoms with Gasteiger partial charge in [0.25, 0.3) is 0 Å². The van der Waals surface area contributed by atoms with Crippen molar-refractivity contribution < 1.29 is 13.2 Å². The average Bonchev–Trinajstić information content (AvgIpc) is 2.98. The Hall–Kier alpha value is -2.34. The first-order valence-corrected chi connectivity index (χ1v) is 9.77. The molecule has 0 aliphatic carbocycles. The number of hydrogen-bond acceptors (Lipinski definition) is 4. The van der Waals surface area contributed by atoms with E-state index in [1.54, 1.807) is 12.1 Å². The molecule has 1 N–H and O–H groups in total. The fourth-order valence-corrected chi connectivity index (χ4v) is 3.22. The van der Waals surface area contributed by atoms with Crippen LogP contribution in [0.5, 0.6) is 0 Å². The molecule has 1 heterocycles. The topological polar surface area (TPSA) is 66.5 Å². The SMILES string of the molecule is CC(C(=O)Nc1ccc(N2CCc3ccccc32)cc1)S(C)(=O)=O. The van der Waals surface area contributed by atoms with Crippen LogP contribution in [-0.2, 0) is 21.1 Å². The lowest BCUT2D eigenvalue weighted by molar-refractivity contribution is -0.115. The Labute approximate surface area is 142 Å². The lowest BCUT2D eigenvalue weighted by Crippen LogP contribution is -2.31. The molecule has 0 saturated heterocycles. The summed E-state index contributed by atoms with van der Waals surface area (Å²) in [6, 6.07) is 15.8. The first-order valence-electron chi connectivity index (χ1n) is 7.81. The summed E-state index contributed by atoms with van der Waals surface area (Å²) in [4.78, 5) is 14.2. The second-order valence-corrected chi connectivity index (χ2v) is 8.40. The first-order chi connectivity index (χ1) is 11.4. The van der Waals surface area contributed by atoms with Gasteiger partial charge < -0.3 is 10.2 Å². The van der Waals surface area contributed by atoms with E-state index in [0.29, 0.717) is 5.69 Å². The zero-order valence-electron chi connectivity index (χ0n) is 13.7. The van der Waals surface area contributed by atoms with Gasteiger partial charge in [-0.15, -0.1) is 0 Å². The number of carbonyl (C=O) groups excluding carboxylic acids is 1. The standard InChI is InChI=1S/C18H20N2O3S/c1-13(24(2,22)23)18(21)19-15-7-9-16(10-8-15)20-12-11-14-5-3-4-6-17(14)20/h3-10,13H,11-12H2,1-2H3,(H,19,21). The molecule has 6 heteroatoms. The minimum absolute atomic E-state index is 0.517. The molecule has 24 heavy (non-hydrogen) atoms. The molecule has 1 unspecified atom stereocenters. The van der Waals surface area contributed by atoms with Crippen molar-refractivity contribution >= 4 is 32.8 Å². The Kier molecular flexibility index (Phi) is 4.32. The van der Waals surface area contributed by atoms with Crippen LogP contribution in [0.15, 0.2) is 48.5 Å². The number of para-hydroxylation sites is 1. The van der Waals surface area contributed by atoms with Gasteiger partial charge in [0.2, 0.25) is 5.91 Å². The summed E-state index contributed by atoms with van der Waals surface area (Å²) in [5, 5.41) is 1.58. The van der Waals surface area contributed by atoms with Gasteiger partial charge in [0.1, 0.15) is 5.25 Å². The number of nitrogens with zero attached hydrogens (tertiary/aromatic N) is 1. The van der Waals surface area contributed by atoms with Gasteiger partial charge in [0.15, 0.2) is 9.84 Å². The highest BCUT2D eigenvalue weighted by Gasteiger charge is 2.24.